The fourth-order valence-electron chi connectivity index (χ4n) is 3.64. The highest BCUT2D eigenvalue weighted by atomic mass is 32.2. The van der Waals surface area contributed by atoms with Crippen LogP contribution in [0.1, 0.15) is 39.5 Å². The van der Waals surface area contributed by atoms with E-state index < -0.39 is 27.0 Å². The molecule has 0 saturated heterocycles. The summed E-state index contributed by atoms with van der Waals surface area (Å²) in [5, 5.41) is -0.954. The van der Waals surface area contributed by atoms with E-state index in [2.05, 4.69) is 4.74 Å². The Kier molecular flexibility index (Phi) is 9.24. The number of ether oxygens (including phenoxy) is 2. The molecule has 2 aromatic carbocycles. The van der Waals surface area contributed by atoms with Crippen molar-refractivity contribution in [2.24, 2.45) is 11.8 Å². The maximum atomic E-state index is 13.5. The second kappa shape index (κ2) is 11.6. The third-order valence-corrected chi connectivity index (χ3v) is 7.64. The molecule has 31 heavy (non-hydrogen) atoms. The topological polar surface area (TPSA) is 86.7 Å². The Balaban J connectivity index is 2.32. The molecule has 0 radical (unpaired) electrons. The van der Waals surface area contributed by atoms with Gasteiger partial charge >= 0.3 is 11.9 Å². The molecule has 0 saturated carbocycles. The Labute approximate surface area is 184 Å². The standard InChI is InChI=1S/C24H30O6S/c1-18(2)23(31(27,28)20-14-8-5-9-15-20)21(16-10-11-17-22(25)29-3)24(26)30-19-12-6-4-7-13-19/h4-9,12-15,18,21,23H,10-11,16-17H2,1-3H3/t21-,23+/m1/s1. The highest BCUT2D eigenvalue weighted by molar-refractivity contribution is 7.92. The second-order valence-electron chi connectivity index (χ2n) is 7.73. The number of carbonyl (C=O) groups is 2. The summed E-state index contributed by atoms with van der Waals surface area (Å²) in [6, 6.07) is 16.8. The molecule has 2 atom stereocenters. The van der Waals surface area contributed by atoms with Crippen LogP contribution in [-0.4, -0.2) is 32.7 Å². The number of rotatable bonds is 11. The van der Waals surface area contributed by atoms with Crippen molar-refractivity contribution in [2.75, 3.05) is 7.11 Å². The highest BCUT2D eigenvalue weighted by Gasteiger charge is 2.41. The number of esters is 2. The average molecular weight is 447 g/mol. The first-order chi connectivity index (χ1) is 14.8. The molecule has 6 nitrogen and oxygen atoms in total. The quantitative estimate of drug-likeness (QED) is 0.288. The molecule has 7 heteroatoms. The Bertz CT molecular complexity index is 939. The van der Waals surface area contributed by atoms with Crippen LogP contribution in [-0.2, 0) is 24.2 Å². The number of hydrogen-bond acceptors (Lipinski definition) is 6. The van der Waals surface area contributed by atoms with E-state index in [4.69, 9.17) is 4.74 Å². The van der Waals surface area contributed by atoms with Gasteiger partial charge in [-0.2, -0.15) is 0 Å². The summed E-state index contributed by atoms with van der Waals surface area (Å²) in [6.45, 7) is 3.59. The van der Waals surface area contributed by atoms with Gasteiger partial charge in [-0.1, -0.05) is 56.7 Å². The first-order valence-electron chi connectivity index (χ1n) is 10.4. The molecule has 168 valence electrons. The van der Waals surface area contributed by atoms with Gasteiger partial charge < -0.3 is 9.47 Å². The van der Waals surface area contributed by atoms with Gasteiger partial charge in [0.15, 0.2) is 9.84 Å². The zero-order valence-corrected chi connectivity index (χ0v) is 19.0. The van der Waals surface area contributed by atoms with Gasteiger partial charge in [-0.25, -0.2) is 8.42 Å². The Morgan fingerprint density at radius 2 is 1.48 bits per heavy atom. The maximum Gasteiger partial charge on any atom is 0.315 e. The van der Waals surface area contributed by atoms with E-state index in [1.807, 2.05) is 0 Å². The fourth-order valence-corrected chi connectivity index (χ4v) is 5.89. The molecule has 0 aromatic heterocycles. The summed E-state index contributed by atoms with van der Waals surface area (Å²) >= 11 is 0. The third kappa shape index (κ3) is 6.92. The number of para-hydroxylation sites is 1. The number of sulfone groups is 1. The monoisotopic (exact) mass is 446 g/mol. The highest BCUT2D eigenvalue weighted by Crippen LogP contribution is 2.32. The van der Waals surface area contributed by atoms with Crippen molar-refractivity contribution in [3.63, 3.8) is 0 Å². The van der Waals surface area contributed by atoms with Crippen molar-refractivity contribution in [2.45, 2.75) is 49.7 Å². The van der Waals surface area contributed by atoms with E-state index in [9.17, 15) is 18.0 Å². The van der Waals surface area contributed by atoms with Gasteiger partial charge in [0.2, 0.25) is 0 Å². The summed E-state index contributed by atoms with van der Waals surface area (Å²) < 4.78 is 37.2. The van der Waals surface area contributed by atoms with Gasteiger partial charge in [0.1, 0.15) is 5.75 Å². The van der Waals surface area contributed by atoms with Gasteiger partial charge in [-0.05, 0) is 43.0 Å². The van der Waals surface area contributed by atoms with Gasteiger partial charge in [0, 0.05) is 6.42 Å². The summed E-state index contributed by atoms with van der Waals surface area (Å²) in [5.41, 5.74) is 0. The Hall–Kier alpha value is -2.67. The lowest BCUT2D eigenvalue weighted by molar-refractivity contribution is -0.140. The van der Waals surface area contributed by atoms with E-state index in [1.54, 1.807) is 74.5 Å². The van der Waals surface area contributed by atoms with Crippen molar-refractivity contribution >= 4 is 21.8 Å². The molecule has 2 aromatic rings. The fraction of sp³-hybridized carbons (Fsp3) is 0.417. The second-order valence-corrected chi connectivity index (χ2v) is 9.84. The van der Waals surface area contributed by atoms with Crippen molar-refractivity contribution in [1.29, 1.82) is 0 Å². The van der Waals surface area contributed by atoms with Crippen LogP contribution in [0, 0.1) is 11.8 Å². The molecule has 0 amide bonds. The molecule has 0 N–H and O–H groups in total. The minimum atomic E-state index is -3.79. The molecule has 2 rings (SSSR count). The normalized spacial score (nSPS) is 13.4. The molecule has 0 spiro atoms. The molecule has 0 bridgehead atoms. The van der Waals surface area contributed by atoms with E-state index in [1.165, 1.54) is 7.11 Å². The van der Waals surface area contributed by atoms with E-state index in [0.29, 0.717) is 18.6 Å². The number of benzene rings is 2. The lowest BCUT2D eigenvalue weighted by atomic mass is 9.91. The number of methoxy groups -OCH3 is 1. The summed E-state index contributed by atoms with van der Waals surface area (Å²) in [4.78, 5) is 24.7. The zero-order chi connectivity index (χ0) is 22.9. The largest absolute Gasteiger partial charge is 0.469 e. The number of carbonyl (C=O) groups excluding carboxylic acids is 2. The molecular formula is C24H30O6S. The van der Waals surface area contributed by atoms with Gasteiger partial charge in [0.25, 0.3) is 0 Å². The van der Waals surface area contributed by atoms with Crippen LogP contribution in [0.5, 0.6) is 5.75 Å². The maximum absolute atomic E-state index is 13.5. The molecule has 0 fully saturated rings. The van der Waals surface area contributed by atoms with Gasteiger partial charge in [0.05, 0.1) is 23.2 Å². The van der Waals surface area contributed by atoms with Crippen LogP contribution >= 0.6 is 0 Å². The van der Waals surface area contributed by atoms with Crippen LogP contribution in [0.25, 0.3) is 0 Å². The molecular weight excluding hydrogens is 416 g/mol. The van der Waals surface area contributed by atoms with Crippen LogP contribution in [0.4, 0.5) is 0 Å². The van der Waals surface area contributed by atoms with E-state index in [0.717, 1.165) is 0 Å². The van der Waals surface area contributed by atoms with Crippen LogP contribution in [0.15, 0.2) is 65.6 Å². The van der Waals surface area contributed by atoms with Gasteiger partial charge in [-0.15, -0.1) is 0 Å². The van der Waals surface area contributed by atoms with Crippen molar-refractivity contribution < 1.29 is 27.5 Å². The molecule has 0 unspecified atom stereocenters. The summed E-state index contributed by atoms with van der Waals surface area (Å²) in [5.74, 6) is -1.74. The number of unbranched alkanes of at least 4 members (excludes halogenated alkanes) is 1. The van der Waals surface area contributed by atoms with Gasteiger partial charge in [-0.3, -0.25) is 9.59 Å². The first kappa shape index (κ1) is 24.6. The van der Waals surface area contributed by atoms with Crippen LogP contribution in [0.2, 0.25) is 0 Å². The smallest absolute Gasteiger partial charge is 0.315 e. The Morgan fingerprint density at radius 3 is 2.03 bits per heavy atom. The Morgan fingerprint density at radius 1 is 0.903 bits per heavy atom. The minimum absolute atomic E-state index is 0.181. The average Bonchev–Trinajstić information content (AvgIpc) is 2.76. The number of hydrogen-bond donors (Lipinski definition) is 0. The van der Waals surface area contributed by atoms with Crippen LogP contribution < -0.4 is 4.74 Å². The molecule has 0 aliphatic rings. The third-order valence-electron chi connectivity index (χ3n) is 5.12. The molecule has 0 aliphatic heterocycles. The zero-order valence-electron chi connectivity index (χ0n) is 18.2. The lowest BCUT2D eigenvalue weighted by Gasteiger charge is -2.28. The van der Waals surface area contributed by atoms with E-state index >= 15 is 0 Å². The van der Waals surface area contributed by atoms with Crippen molar-refractivity contribution in [3.8, 4) is 5.75 Å². The predicted octanol–water partition coefficient (Wildman–Crippen LogP) is 4.44. The van der Waals surface area contributed by atoms with Crippen LogP contribution in [0.3, 0.4) is 0 Å². The van der Waals surface area contributed by atoms with Crippen molar-refractivity contribution in [3.05, 3.63) is 60.7 Å². The van der Waals surface area contributed by atoms with E-state index in [-0.39, 0.29) is 29.6 Å². The predicted molar refractivity (Wildman–Crippen MR) is 118 cm³/mol. The summed E-state index contributed by atoms with van der Waals surface area (Å²) in [7, 11) is -2.46. The molecule has 0 heterocycles. The minimum Gasteiger partial charge on any atom is -0.469 e. The molecule has 0 aliphatic carbocycles. The van der Waals surface area contributed by atoms with Crippen molar-refractivity contribution in [1.82, 2.24) is 0 Å². The lowest BCUT2D eigenvalue weighted by Crippen LogP contribution is -2.41. The summed E-state index contributed by atoms with van der Waals surface area (Å²) in [6.07, 6.45) is 1.50. The SMILES string of the molecule is COC(=O)CCCC[C@@H](C(=O)Oc1ccccc1)[C@H](C(C)C)S(=O)(=O)c1ccccc1. The first-order valence-corrected chi connectivity index (χ1v) is 11.9.